The fraction of sp³-hybridized carbons (Fsp3) is 0.174. The van der Waals surface area contributed by atoms with Gasteiger partial charge < -0.3 is 4.90 Å². The first kappa shape index (κ1) is 21.7. The third-order valence-electron chi connectivity index (χ3n) is 5.20. The number of carbonyl (C=O) groups excluding carboxylic acids is 1. The molecule has 1 heterocycles. The number of fused-ring (bicyclic) bond motifs is 1. The van der Waals surface area contributed by atoms with E-state index in [1.165, 1.54) is 18.2 Å². The molecule has 0 unspecified atom stereocenters. The summed E-state index contributed by atoms with van der Waals surface area (Å²) in [6.45, 7) is 2.56. The van der Waals surface area contributed by atoms with Gasteiger partial charge in [-0.25, -0.2) is 8.42 Å². The van der Waals surface area contributed by atoms with Crippen LogP contribution >= 0.6 is 23.2 Å². The predicted molar refractivity (Wildman–Crippen MR) is 125 cm³/mol. The van der Waals surface area contributed by atoms with Crippen LogP contribution in [0.4, 0.5) is 11.4 Å². The molecule has 0 aromatic heterocycles. The first-order valence-corrected chi connectivity index (χ1v) is 12.0. The molecule has 1 N–H and O–H groups in total. The zero-order chi connectivity index (χ0) is 22.2. The zero-order valence-electron chi connectivity index (χ0n) is 16.7. The van der Waals surface area contributed by atoms with Gasteiger partial charge in [0.15, 0.2) is 0 Å². The highest BCUT2D eigenvalue weighted by molar-refractivity contribution is 7.92. The molecular weight excluding hydrogens is 455 g/mol. The number of carbonyl (C=O) groups is 1. The predicted octanol–water partition coefficient (Wildman–Crippen LogP) is 5.70. The molecule has 31 heavy (non-hydrogen) atoms. The van der Waals surface area contributed by atoms with Crippen LogP contribution in [-0.4, -0.2) is 20.9 Å². The molecule has 3 aromatic rings. The lowest BCUT2D eigenvalue weighted by Crippen LogP contribution is -2.35. The Balaban J connectivity index is 1.63. The lowest BCUT2D eigenvalue weighted by atomic mass is 10.0. The zero-order valence-corrected chi connectivity index (χ0v) is 19.1. The normalized spacial score (nSPS) is 13.6. The lowest BCUT2D eigenvalue weighted by Gasteiger charge is -2.30. The van der Waals surface area contributed by atoms with Gasteiger partial charge in [-0.2, -0.15) is 0 Å². The summed E-state index contributed by atoms with van der Waals surface area (Å²) in [6.07, 6.45) is 1.45. The van der Waals surface area contributed by atoms with Gasteiger partial charge in [0.1, 0.15) is 0 Å². The van der Waals surface area contributed by atoms with Crippen LogP contribution in [0, 0.1) is 6.92 Å². The van der Waals surface area contributed by atoms with Crippen molar-refractivity contribution in [1.29, 1.82) is 0 Å². The number of benzene rings is 3. The van der Waals surface area contributed by atoms with E-state index in [0.29, 0.717) is 23.6 Å². The van der Waals surface area contributed by atoms with Crippen LogP contribution < -0.4 is 9.62 Å². The molecule has 0 radical (unpaired) electrons. The second kappa shape index (κ2) is 8.54. The van der Waals surface area contributed by atoms with Gasteiger partial charge in [-0.1, -0.05) is 40.9 Å². The van der Waals surface area contributed by atoms with E-state index in [-0.39, 0.29) is 21.5 Å². The minimum atomic E-state index is -3.86. The lowest BCUT2D eigenvalue weighted by molar-refractivity contribution is 0.0985. The van der Waals surface area contributed by atoms with Crippen LogP contribution in [0.3, 0.4) is 0 Å². The Morgan fingerprint density at radius 3 is 2.45 bits per heavy atom. The van der Waals surface area contributed by atoms with E-state index in [0.717, 1.165) is 23.2 Å². The number of sulfonamides is 1. The molecule has 5 nitrogen and oxygen atoms in total. The highest BCUT2D eigenvalue weighted by atomic mass is 35.5. The smallest absolute Gasteiger partial charge is 0.261 e. The summed E-state index contributed by atoms with van der Waals surface area (Å²) in [4.78, 5) is 14.9. The molecule has 1 amide bonds. The van der Waals surface area contributed by atoms with Gasteiger partial charge in [-0.05, 0) is 73.9 Å². The fourth-order valence-electron chi connectivity index (χ4n) is 3.58. The van der Waals surface area contributed by atoms with Gasteiger partial charge in [0.05, 0.1) is 15.6 Å². The maximum Gasteiger partial charge on any atom is 0.261 e. The number of aryl methyl sites for hydroxylation is 2. The van der Waals surface area contributed by atoms with Gasteiger partial charge in [0.2, 0.25) is 0 Å². The van der Waals surface area contributed by atoms with Crippen molar-refractivity contribution in [2.75, 3.05) is 16.2 Å². The highest BCUT2D eigenvalue weighted by Gasteiger charge is 2.26. The Bertz CT molecular complexity index is 1260. The van der Waals surface area contributed by atoms with Crippen molar-refractivity contribution in [1.82, 2.24) is 0 Å². The summed E-state index contributed by atoms with van der Waals surface area (Å²) < 4.78 is 28.3. The van der Waals surface area contributed by atoms with Crippen LogP contribution in [0.2, 0.25) is 10.0 Å². The van der Waals surface area contributed by atoms with Crippen LogP contribution in [0.1, 0.15) is 27.9 Å². The number of rotatable bonds is 4. The molecule has 3 aromatic carbocycles. The summed E-state index contributed by atoms with van der Waals surface area (Å²) >= 11 is 12.0. The molecule has 0 fully saturated rings. The van der Waals surface area contributed by atoms with E-state index in [9.17, 15) is 13.2 Å². The van der Waals surface area contributed by atoms with Crippen LogP contribution in [0.15, 0.2) is 65.6 Å². The van der Waals surface area contributed by atoms with Crippen molar-refractivity contribution in [2.24, 2.45) is 0 Å². The summed E-state index contributed by atoms with van der Waals surface area (Å²) in [6, 6.07) is 16.8. The second-order valence-corrected chi connectivity index (χ2v) is 9.97. The van der Waals surface area contributed by atoms with E-state index in [1.54, 1.807) is 23.1 Å². The average Bonchev–Trinajstić information content (AvgIpc) is 2.75. The van der Waals surface area contributed by atoms with E-state index in [4.69, 9.17) is 23.2 Å². The van der Waals surface area contributed by atoms with E-state index in [1.807, 2.05) is 31.2 Å². The number of halogens is 2. The van der Waals surface area contributed by atoms with Gasteiger partial charge in [-0.3, -0.25) is 9.52 Å². The molecule has 8 heteroatoms. The Kier molecular flexibility index (Phi) is 5.97. The molecule has 0 bridgehead atoms. The number of hydrogen-bond acceptors (Lipinski definition) is 3. The summed E-state index contributed by atoms with van der Waals surface area (Å²) in [5.74, 6) is -0.0948. The SMILES string of the molecule is Cc1ccc(C(=O)N2CCCc3cc(S(=O)(=O)Nc4ccc(Cl)cc4Cl)ccc32)cc1. The first-order chi connectivity index (χ1) is 14.7. The maximum absolute atomic E-state index is 13.0. The standard InChI is InChI=1S/C23H20Cl2N2O3S/c1-15-4-6-16(7-5-15)23(28)27-12-2-3-17-13-19(9-11-22(17)27)31(29,30)26-21-10-8-18(24)14-20(21)25/h4-11,13-14,26H,2-3,12H2,1H3. The van der Waals surface area contributed by atoms with Crippen molar-refractivity contribution in [3.63, 3.8) is 0 Å². The highest BCUT2D eigenvalue weighted by Crippen LogP contribution is 2.32. The molecule has 160 valence electrons. The summed E-state index contributed by atoms with van der Waals surface area (Å²) in [5, 5.41) is 0.629. The topological polar surface area (TPSA) is 66.5 Å². The molecule has 0 saturated carbocycles. The van der Waals surface area contributed by atoms with Crippen molar-refractivity contribution >= 4 is 50.5 Å². The number of hydrogen-bond donors (Lipinski definition) is 1. The number of anilines is 2. The number of nitrogens with one attached hydrogen (secondary N) is 1. The van der Waals surface area contributed by atoms with Crippen LogP contribution in [-0.2, 0) is 16.4 Å². The Morgan fingerprint density at radius 2 is 1.74 bits per heavy atom. The molecule has 0 saturated heterocycles. The Morgan fingerprint density at radius 1 is 1.00 bits per heavy atom. The molecule has 4 rings (SSSR count). The average molecular weight is 475 g/mol. The first-order valence-electron chi connectivity index (χ1n) is 9.74. The van der Waals surface area contributed by atoms with Crippen molar-refractivity contribution in [3.8, 4) is 0 Å². The van der Waals surface area contributed by atoms with Gasteiger partial charge >= 0.3 is 0 Å². The van der Waals surface area contributed by atoms with E-state index < -0.39 is 10.0 Å². The molecule has 0 aliphatic carbocycles. The molecule has 1 aliphatic heterocycles. The Labute approximate surface area is 191 Å². The second-order valence-electron chi connectivity index (χ2n) is 7.45. The summed E-state index contributed by atoms with van der Waals surface area (Å²) in [5.41, 5.74) is 3.49. The van der Waals surface area contributed by atoms with Gasteiger partial charge in [0, 0.05) is 22.8 Å². The minimum absolute atomic E-state index is 0.0948. The van der Waals surface area contributed by atoms with Crippen molar-refractivity contribution in [3.05, 3.63) is 87.4 Å². The minimum Gasteiger partial charge on any atom is -0.308 e. The molecule has 0 atom stereocenters. The summed E-state index contributed by atoms with van der Waals surface area (Å²) in [7, 11) is -3.86. The van der Waals surface area contributed by atoms with Crippen molar-refractivity contribution in [2.45, 2.75) is 24.7 Å². The maximum atomic E-state index is 13.0. The van der Waals surface area contributed by atoms with E-state index in [2.05, 4.69) is 4.72 Å². The number of amides is 1. The quantitative estimate of drug-likeness (QED) is 0.527. The van der Waals surface area contributed by atoms with Gasteiger partial charge in [-0.15, -0.1) is 0 Å². The third kappa shape index (κ3) is 4.56. The van der Waals surface area contributed by atoms with E-state index >= 15 is 0 Å². The van der Waals surface area contributed by atoms with Crippen molar-refractivity contribution < 1.29 is 13.2 Å². The molecule has 1 aliphatic rings. The largest absolute Gasteiger partial charge is 0.308 e. The number of nitrogens with zero attached hydrogens (tertiary/aromatic N) is 1. The van der Waals surface area contributed by atoms with Crippen LogP contribution in [0.5, 0.6) is 0 Å². The molecule has 0 spiro atoms. The monoisotopic (exact) mass is 474 g/mol. The van der Waals surface area contributed by atoms with Crippen LogP contribution in [0.25, 0.3) is 0 Å². The third-order valence-corrected chi connectivity index (χ3v) is 7.11. The molecular formula is C23H20Cl2N2O3S. The van der Waals surface area contributed by atoms with Gasteiger partial charge in [0.25, 0.3) is 15.9 Å². The fourth-order valence-corrected chi connectivity index (χ4v) is 5.22. The Hall–Kier alpha value is -2.54.